The van der Waals surface area contributed by atoms with Gasteiger partial charge in [0.05, 0.1) is 13.2 Å². The van der Waals surface area contributed by atoms with Crippen LogP contribution < -0.4 is 0 Å². The largest absolute Gasteiger partial charge is 0.384 e. The second-order valence-corrected chi connectivity index (χ2v) is 7.61. The van der Waals surface area contributed by atoms with Crippen LogP contribution in [0.4, 0.5) is 4.39 Å². The van der Waals surface area contributed by atoms with E-state index in [-0.39, 0.29) is 5.82 Å². The molecule has 1 unspecified atom stereocenters. The number of nitrogens with zero attached hydrogens (tertiary/aromatic N) is 2. The molecule has 25 heavy (non-hydrogen) atoms. The maximum absolute atomic E-state index is 13.9. The van der Waals surface area contributed by atoms with Crippen LogP contribution in [0.3, 0.4) is 0 Å². The molecule has 1 spiro atoms. The molecule has 1 aromatic rings. The number of piperidine rings is 1. The van der Waals surface area contributed by atoms with Gasteiger partial charge in [-0.3, -0.25) is 4.90 Å². The van der Waals surface area contributed by atoms with Gasteiger partial charge in [-0.05, 0) is 37.4 Å². The molecular formula is C20H31FN2O2. The molecular weight excluding hydrogens is 319 g/mol. The third-order valence-corrected chi connectivity index (χ3v) is 6.07. The van der Waals surface area contributed by atoms with E-state index in [0.29, 0.717) is 17.9 Å². The SMILES string of the molecule is COCCN1CC(COC)C2(CCN(Cc3ccccc3F)CC2)C1. The Morgan fingerprint density at radius 1 is 1.12 bits per heavy atom. The van der Waals surface area contributed by atoms with Gasteiger partial charge >= 0.3 is 0 Å². The number of likely N-dealkylation sites (tertiary alicyclic amines) is 2. The van der Waals surface area contributed by atoms with Crippen LogP contribution in [0.5, 0.6) is 0 Å². The molecule has 2 fully saturated rings. The van der Waals surface area contributed by atoms with Crippen LogP contribution in [0, 0.1) is 17.2 Å². The molecule has 2 saturated heterocycles. The predicted octanol–water partition coefficient (Wildman–Crippen LogP) is 2.63. The van der Waals surface area contributed by atoms with Crippen molar-refractivity contribution >= 4 is 0 Å². The third-order valence-electron chi connectivity index (χ3n) is 6.07. The van der Waals surface area contributed by atoms with Gasteiger partial charge in [0.15, 0.2) is 0 Å². The van der Waals surface area contributed by atoms with Crippen molar-refractivity contribution in [2.75, 3.05) is 60.2 Å². The summed E-state index contributed by atoms with van der Waals surface area (Å²) in [6, 6.07) is 7.13. The number of benzene rings is 1. The number of halogens is 1. The number of hydrogen-bond acceptors (Lipinski definition) is 4. The van der Waals surface area contributed by atoms with E-state index in [0.717, 1.165) is 51.5 Å². The van der Waals surface area contributed by atoms with Crippen LogP contribution in [0.25, 0.3) is 0 Å². The Hall–Kier alpha value is -1.01. The van der Waals surface area contributed by atoms with Crippen LogP contribution in [0.15, 0.2) is 24.3 Å². The molecule has 2 heterocycles. The monoisotopic (exact) mass is 350 g/mol. The van der Waals surface area contributed by atoms with Crippen LogP contribution in [0.1, 0.15) is 18.4 Å². The summed E-state index contributed by atoms with van der Waals surface area (Å²) >= 11 is 0. The van der Waals surface area contributed by atoms with Gasteiger partial charge in [0, 0.05) is 51.9 Å². The van der Waals surface area contributed by atoms with E-state index in [9.17, 15) is 4.39 Å². The Labute approximate surface area is 150 Å². The summed E-state index contributed by atoms with van der Waals surface area (Å²) in [6.07, 6.45) is 2.33. The molecule has 0 aliphatic carbocycles. The summed E-state index contributed by atoms with van der Waals surface area (Å²) in [4.78, 5) is 4.92. The summed E-state index contributed by atoms with van der Waals surface area (Å²) in [7, 11) is 3.57. The first-order valence-electron chi connectivity index (χ1n) is 9.33. The fourth-order valence-corrected chi connectivity index (χ4v) is 4.56. The summed E-state index contributed by atoms with van der Waals surface area (Å²) < 4.78 is 24.7. The van der Waals surface area contributed by atoms with Gasteiger partial charge in [-0.2, -0.15) is 0 Å². The van der Waals surface area contributed by atoms with E-state index in [1.165, 1.54) is 12.8 Å². The normalized spacial score (nSPS) is 24.2. The minimum Gasteiger partial charge on any atom is -0.384 e. The molecule has 140 valence electrons. The lowest BCUT2D eigenvalue weighted by molar-refractivity contribution is 0.0345. The summed E-state index contributed by atoms with van der Waals surface area (Å²) in [5.41, 5.74) is 1.15. The number of methoxy groups -OCH3 is 2. The Bertz CT molecular complexity index is 546. The molecule has 2 aliphatic heterocycles. The predicted molar refractivity (Wildman–Crippen MR) is 97.0 cm³/mol. The molecule has 0 aromatic heterocycles. The first-order valence-corrected chi connectivity index (χ1v) is 9.33. The molecule has 0 radical (unpaired) electrons. The van der Waals surface area contributed by atoms with Crippen molar-refractivity contribution in [3.8, 4) is 0 Å². The molecule has 5 heteroatoms. The van der Waals surface area contributed by atoms with Crippen LogP contribution in [-0.4, -0.2) is 70.0 Å². The van der Waals surface area contributed by atoms with Crippen LogP contribution in [-0.2, 0) is 16.0 Å². The Morgan fingerprint density at radius 3 is 2.56 bits per heavy atom. The van der Waals surface area contributed by atoms with Gasteiger partial charge in [-0.15, -0.1) is 0 Å². The van der Waals surface area contributed by atoms with E-state index >= 15 is 0 Å². The lowest BCUT2D eigenvalue weighted by atomic mass is 9.71. The lowest BCUT2D eigenvalue weighted by Gasteiger charge is -2.42. The second kappa shape index (κ2) is 8.58. The highest BCUT2D eigenvalue weighted by atomic mass is 19.1. The van der Waals surface area contributed by atoms with Gasteiger partial charge in [0.25, 0.3) is 0 Å². The zero-order chi connectivity index (χ0) is 17.7. The minimum atomic E-state index is -0.0911. The average Bonchev–Trinajstić information content (AvgIpc) is 2.95. The standard InChI is InChI=1S/C20H31FN2O2/c1-24-12-11-23-14-18(15-25-2)20(16-23)7-9-22(10-8-20)13-17-5-3-4-6-19(17)21/h3-6,18H,7-16H2,1-2H3. The minimum absolute atomic E-state index is 0.0911. The Kier molecular flexibility index (Phi) is 6.44. The Morgan fingerprint density at radius 2 is 1.88 bits per heavy atom. The van der Waals surface area contributed by atoms with E-state index in [2.05, 4.69) is 9.80 Å². The summed E-state index contributed by atoms with van der Waals surface area (Å²) in [6.45, 7) is 7.64. The van der Waals surface area contributed by atoms with Crippen LogP contribution >= 0.6 is 0 Å². The fourth-order valence-electron chi connectivity index (χ4n) is 4.56. The highest BCUT2D eigenvalue weighted by Gasteiger charge is 2.47. The Balaban J connectivity index is 1.59. The number of ether oxygens (including phenoxy) is 2. The van der Waals surface area contributed by atoms with Crippen molar-refractivity contribution in [3.63, 3.8) is 0 Å². The molecule has 1 atom stereocenters. The zero-order valence-corrected chi connectivity index (χ0v) is 15.5. The van der Waals surface area contributed by atoms with Crippen LogP contribution in [0.2, 0.25) is 0 Å². The third kappa shape index (κ3) is 4.40. The van der Waals surface area contributed by atoms with Crippen molar-refractivity contribution in [1.82, 2.24) is 9.80 Å². The summed E-state index contributed by atoms with van der Waals surface area (Å²) in [5.74, 6) is 0.497. The molecule has 2 aliphatic rings. The van der Waals surface area contributed by atoms with Crippen molar-refractivity contribution in [2.24, 2.45) is 11.3 Å². The molecule has 0 saturated carbocycles. The van der Waals surface area contributed by atoms with E-state index < -0.39 is 0 Å². The highest BCUT2D eigenvalue weighted by molar-refractivity contribution is 5.17. The topological polar surface area (TPSA) is 24.9 Å². The van der Waals surface area contributed by atoms with Crippen molar-refractivity contribution in [2.45, 2.75) is 19.4 Å². The maximum Gasteiger partial charge on any atom is 0.127 e. The molecule has 4 nitrogen and oxygen atoms in total. The van der Waals surface area contributed by atoms with Gasteiger partial charge in [-0.25, -0.2) is 4.39 Å². The molecule has 0 bridgehead atoms. The average molecular weight is 350 g/mol. The molecule has 0 N–H and O–H groups in total. The summed E-state index contributed by atoms with van der Waals surface area (Å²) in [5, 5.41) is 0. The number of rotatable bonds is 7. The van der Waals surface area contributed by atoms with Gasteiger partial charge in [0.1, 0.15) is 5.82 Å². The van der Waals surface area contributed by atoms with E-state index in [1.54, 1.807) is 26.4 Å². The van der Waals surface area contributed by atoms with Gasteiger partial charge in [0.2, 0.25) is 0 Å². The lowest BCUT2D eigenvalue weighted by Crippen LogP contribution is -2.45. The quantitative estimate of drug-likeness (QED) is 0.755. The smallest absolute Gasteiger partial charge is 0.127 e. The maximum atomic E-state index is 13.9. The number of hydrogen-bond donors (Lipinski definition) is 0. The van der Waals surface area contributed by atoms with Crippen molar-refractivity contribution in [1.29, 1.82) is 0 Å². The molecule has 0 amide bonds. The van der Waals surface area contributed by atoms with Crippen molar-refractivity contribution in [3.05, 3.63) is 35.6 Å². The van der Waals surface area contributed by atoms with Gasteiger partial charge < -0.3 is 14.4 Å². The first kappa shape index (κ1) is 18.8. The van der Waals surface area contributed by atoms with Gasteiger partial charge in [-0.1, -0.05) is 18.2 Å². The van der Waals surface area contributed by atoms with E-state index in [1.807, 2.05) is 12.1 Å². The fraction of sp³-hybridized carbons (Fsp3) is 0.700. The first-order chi connectivity index (χ1) is 12.2. The van der Waals surface area contributed by atoms with Crippen molar-refractivity contribution < 1.29 is 13.9 Å². The molecule has 3 rings (SSSR count). The molecule has 1 aromatic carbocycles. The highest BCUT2D eigenvalue weighted by Crippen LogP contribution is 2.45. The zero-order valence-electron chi connectivity index (χ0n) is 15.5. The second-order valence-electron chi connectivity index (χ2n) is 7.61. The van der Waals surface area contributed by atoms with E-state index in [4.69, 9.17) is 9.47 Å².